The summed E-state index contributed by atoms with van der Waals surface area (Å²) in [6.45, 7) is 0. The van der Waals surface area contributed by atoms with Crippen LogP contribution in [-0.4, -0.2) is 35.8 Å². The monoisotopic (exact) mass is 369 g/mol. The highest BCUT2D eigenvalue weighted by molar-refractivity contribution is 9.10. The molecule has 0 unspecified atom stereocenters. The van der Waals surface area contributed by atoms with Crippen LogP contribution in [0, 0.1) is 0 Å². The van der Waals surface area contributed by atoms with E-state index in [0.29, 0.717) is 22.0 Å². The van der Waals surface area contributed by atoms with E-state index in [1.165, 1.54) is 4.90 Å². The second kappa shape index (κ2) is 6.32. The molecular formula is C14H13BrClN3O2. The van der Waals surface area contributed by atoms with Gasteiger partial charge in [0.25, 0.3) is 11.8 Å². The number of aromatic nitrogens is 1. The van der Waals surface area contributed by atoms with Gasteiger partial charge in [-0.2, -0.15) is 0 Å². The van der Waals surface area contributed by atoms with E-state index in [1.807, 2.05) is 0 Å². The topological polar surface area (TPSA) is 65.2 Å². The lowest BCUT2D eigenvalue weighted by Crippen LogP contribution is -2.24. The van der Waals surface area contributed by atoms with Crippen molar-refractivity contribution in [2.75, 3.05) is 19.4 Å². The zero-order valence-electron chi connectivity index (χ0n) is 11.4. The Morgan fingerprint density at radius 2 is 2.00 bits per heavy atom. The molecule has 1 aromatic heterocycles. The van der Waals surface area contributed by atoms with Gasteiger partial charge in [0.15, 0.2) is 0 Å². The number of rotatable bonds is 3. The number of hydrogen-bond donors (Lipinski definition) is 2. The van der Waals surface area contributed by atoms with Crippen molar-refractivity contribution in [1.29, 1.82) is 0 Å². The van der Waals surface area contributed by atoms with Crippen molar-refractivity contribution in [3.8, 4) is 0 Å². The summed E-state index contributed by atoms with van der Waals surface area (Å²) >= 11 is 9.20. The van der Waals surface area contributed by atoms with Crippen LogP contribution in [0.25, 0.3) is 0 Å². The lowest BCUT2D eigenvalue weighted by molar-refractivity contribution is 0.0828. The molecule has 5 nitrogen and oxygen atoms in total. The zero-order chi connectivity index (χ0) is 15.6. The van der Waals surface area contributed by atoms with Gasteiger partial charge in [0.1, 0.15) is 5.69 Å². The Labute approximate surface area is 135 Å². The van der Waals surface area contributed by atoms with Crippen LogP contribution >= 0.6 is 27.5 Å². The molecule has 110 valence electrons. The highest BCUT2D eigenvalue weighted by Crippen LogP contribution is 2.23. The average Bonchev–Trinajstić information content (AvgIpc) is 2.85. The quantitative estimate of drug-likeness (QED) is 0.870. The molecule has 0 bridgehead atoms. The van der Waals surface area contributed by atoms with E-state index in [-0.39, 0.29) is 11.8 Å². The largest absolute Gasteiger partial charge is 0.356 e. The molecule has 2 rings (SSSR count). The van der Waals surface area contributed by atoms with Crippen molar-refractivity contribution in [1.82, 2.24) is 9.88 Å². The van der Waals surface area contributed by atoms with Crippen LogP contribution in [0.3, 0.4) is 0 Å². The van der Waals surface area contributed by atoms with Crippen molar-refractivity contribution >= 4 is 45.0 Å². The molecule has 7 heteroatoms. The van der Waals surface area contributed by atoms with Gasteiger partial charge < -0.3 is 15.2 Å². The summed E-state index contributed by atoms with van der Waals surface area (Å²) in [5.74, 6) is -0.564. The van der Waals surface area contributed by atoms with Gasteiger partial charge >= 0.3 is 0 Å². The van der Waals surface area contributed by atoms with E-state index in [2.05, 4.69) is 26.2 Å². The maximum absolute atomic E-state index is 12.2. The van der Waals surface area contributed by atoms with Crippen molar-refractivity contribution in [2.45, 2.75) is 0 Å². The average molecular weight is 371 g/mol. The SMILES string of the molecule is CN(C)C(=O)c1ccc(Cl)cc1NC(=O)c1cc(Br)c[nH]1. The number of aromatic amines is 1. The number of amides is 2. The van der Waals surface area contributed by atoms with Crippen LogP contribution in [-0.2, 0) is 0 Å². The number of halogens is 2. The van der Waals surface area contributed by atoms with Gasteiger partial charge in [-0.1, -0.05) is 11.6 Å². The molecule has 0 fully saturated rings. The van der Waals surface area contributed by atoms with Gasteiger partial charge in [-0.3, -0.25) is 9.59 Å². The highest BCUT2D eigenvalue weighted by Gasteiger charge is 2.17. The van der Waals surface area contributed by atoms with Crippen LogP contribution < -0.4 is 5.32 Å². The standard InChI is InChI=1S/C14H13BrClN3O2/c1-19(2)14(21)10-4-3-9(16)6-11(10)18-13(20)12-5-8(15)7-17-12/h3-7,17H,1-2H3,(H,18,20). The molecule has 0 saturated carbocycles. The van der Waals surface area contributed by atoms with Gasteiger partial charge in [0.05, 0.1) is 11.3 Å². The second-order valence-corrected chi connectivity index (χ2v) is 5.93. The molecule has 21 heavy (non-hydrogen) atoms. The molecule has 2 aromatic rings. The second-order valence-electron chi connectivity index (χ2n) is 4.58. The normalized spacial score (nSPS) is 10.3. The Hall–Kier alpha value is -1.79. The first-order valence-corrected chi connectivity index (χ1v) is 7.22. The number of H-pyrrole nitrogens is 1. The summed E-state index contributed by atoms with van der Waals surface area (Å²) in [6.07, 6.45) is 1.65. The lowest BCUT2D eigenvalue weighted by Gasteiger charge is -2.15. The number of benzene rings is 1. The van der Waals surface area contributed by atoms with E-state index in [9.17, 15) is 9.59 Å². The van der Waals surface area contributed by atoms with Gasteiger partial charge in [-0.25, -0.2) is 0 Å². The Balaban J connectivity index is 2.32. The van der Waals surface area contributed by atoms with Crippen molar-refractivity contribution in [3.05, 3.63) is 51.2 Å². The Morgan fingerprint density at radius 1 is 1.29 bits per heavy atom. The Bertz CT molecular complexity index is 697. The summed E-state index contributed by atoms with van der Waals surface area (Å²) in [4.78, 5) is 28.5. The molecule has 0 radical (unpaired) electrons. The van der Waals surface area contributed by atoms with Crippen LogP contribution in [0.1, 0.15) is 20.8 Å². The smallest absolute Gasteiger partial charge is 0.272 e. The minimum Gasteiger partial charge on any atom is -0.356 e. The summed E-state index contributed by atoms with van der Waals surface area (Å²) in [5.41, 5.74) is 1.13. The maximum Gasteiger partial charge on any atom is 0.272 e. The fraction of sp³-hybridized carbons (Fsp3) is 0.143. The number of carbonyl (C=O) groups excluding carboxylic acids is 2. The molecule has 1 heterocycles. The van der Waals surface area contributed by atoms with E-state index >= 15 is 0 Å². The maximum atomic E-state index is 12.2. The third-order valence-corrected chi connectivity index (χ3v) is 3.45. The van der Waals surface area contributed by atoms with Gasteiger partial charge in [-0.15, -0.1) is 0 Å². The van der Waals surface area contributed by atoms with Crippen molar-refractivity contribution < 1.29 is 9.59 Å². The zero-order valence-corrected chi connectivity index (χ0v) is 13.7. The van der Waals surface area contributed by atoms with Crippen LogP contribution in [0.5, 0.6) is 0 Å². The molecule has 0 aliphatic rings. The van der Waals surface area contributed by atoms with Gasteiger partial charge in [0, 0.05) is 29.8 Å². The van der Waals surface area contributed by atoms with Gasteiger partial charge in [0.2, 0.25) is 0 Å². The first kappa shape index (κ1) is 15.6. The summed E-state index contributed by atoms with van der Waals surface area (Å²) in [7, 11) is 3.29. The third-order valence-electron chi connectivity index (χ3n) is 2.76. The minimum atomic E-state index is -0.351. The minimum absolute atomic E-state index is 0.213. The predicted molar refractivity (Wildman–Crippen MR) is 85.9 cm³/mol. The predicted octanol–water partition coefficient (Wildman–Crippen LogP) is 3.38. The number of nitrogens with zero attached hydrogens (tertiary/aromatic N) is 1. The Kier molecular flexibility index (Phi) is 4.69. The van der Waals surface area contributed by atoms with Crippen LogP contribution in [0.15, 0.2) is 34.9 Å². The first-order chi connectivity index (χ1) is 9.88. The molecule has 2 amide bonds. The fourth-order valence-corrected chi connectivity index (χ4v) is 2.25. The Morgan fingerprint density at radius 3 is 2.57 bits per heavy atom. The van der Waals surface area contributed by atoms with Crippen molar-refractivity contribution in [2.24, 2.45) is 0 Å². The van der Waals surface area contributed by atoms with Gasteiger partial charge in [-0.05, 0) is 40.2 Å². The van der Waals surface area contributed by atoms with Crippen molar-refractivity contribution in [3.63, 3.8) is 0 Å². The number of carbonyl (C=O) groups is 2. The lowest BCUT2D eigenvalue weighted by atomic mass is 10.1. The molecular weight excluding hydrogens is 358 g/mol. The molecule has 0 aliphatic heterocycles. The van der Waals surface area contributed by atoms with E-state index < -0.39 is 0 Å². The molecule has 2 N–H and O–H groups in total. The number of anilines is 1. The molecule has 0 aliphatic carbocycles. The van der Waals surface area contributed by atoms with Crippen LogP contribution in [0.4, 0.5) is 5.69 Å². The van der Waals surface area contributed by atoms with Crippen LogP contribution in [0.2, 0.25) is 5.02 Å². The molecule has 0 saturated heterocycles. The first-order valence-electron chi connectivity index (χ1n) is 6.05. The van der Waals surface area contributed by atoms with E-state index in [4.69, 9.17) is 11.6 Å². The molecule has 0 atom stereocenters. The third kappa shape index (κ3) is 3.65. The number of nitrogens with one attached hydrogen (secondary N) is 2. The van der Waals surface area contributed by atoms with E-state index in [1.54, 1.807) is 44.6 Å². The number of hydrogen-bond acceptors (Lipinski definition) is 2. The summed E-state index contributed by atoms with van der Waals surface area (Å²) in [6, 6.07) is 6.39. The van der Waals surface area contributed by atoms with E-state index in [0.717, 1.165) is 4.47 Å². The highest BCUT2D eigenvalue weighted by atomic mass is 79.9. The summed E-state index contributed by atoms with van der Waals surface area (Å²) in [5, 5.41) is 3.13. The fourth-order valence-electron chi connectivity index (χ4n) is 1.74. The summed E-state index contributed by atoms with van der Waals surface area (Å²) < 4.78 is 0.767. The molecule has 1 aromatic carbocycles. The molecule has 0 spiro atoms.